The first-order valence-electron chi connectivity index (χ1n) is 30.0. The zero-order valence-electron chi connectivity index (χ0n) is 48.9. The van der Waals surface area contributed by atoms with Gasteiger partial charge >= 0.3 is 0 Å². The van der Waals surface area contributed by atoms with E-state index in [-0.39, 0.29) is 11.4 Å². The van der Waals surface area contributed by atoms with Gasteiger partial charge in [-0.3, -0.25) is 0 Å². The Bertz CT molecular complexity index is 5240. The smallest absolute Gasteiger partial charge is 0.171 e. The van der Waals surface area contributed by atoms with E-state index >= 15 is 4.39 Å². The molecule has 3 aliphatic carbocycles. The number of halogens is 1. The van der Waals surface area contributed by atoms with Crippen molar-refractivity contribution >= 4 is 130 Å². The first-order valence-corrected chi connectivity index (χ1v) is 35.8. The number of fused-ring (bicyclic) bond motifs is 22. The summed E-state index contributed by atoms with van der Waals surface area (Å²) >= 11 is 0. The molecule has 0 saturated heterocycles. The van der Waals surface area contributed by atoms with Crippen molar-refractivity contribution in [1.82, 2.24) is 0 Å². The minimum atomic E-state index is -1.11. The Labute approximate surface area is 503 Å². The van der Waals surface area contributed by atoms with E-state index in [4.69, 9.17) is 8.83 Å². The van der Waals surface area contributed by atoms with E-state index in [0.717, 1.165) is 85.2 Å². The molecule has 1 unspecified atom stereocenters. The fraction of sp³-hybridized carbons (Fsp3) is 0.114. The summed E-state index contributed by atoms with van der Waals surface area (Å²) in [5.74, 6) is -0.376. The molecule has 12 aromatic carbocycles. The van der Waals surface area contributed by atoms with E-state index in [0.29, 0.717) is 5.58 Å². The van der Waals surface area contributed by atoms with Gasteiger partial charge in [0.25, 0.3) is 0 Å². The SMILES string of the molecule is Cc1cccc2c1oc1c(N(c3ccc([SiH](C)C)cc3)c3ccc4c(c3)C3(c5ccccc5-c5cc6c(cc53)c3c(c5ccccc56)C=CCC3)c3cc(N(c5ccc(S(C)(C)C)cc5)c5cccc6c5oc5c(F)cccc56)ccc3-4)cccc12. The number of allylic oxidation sites excluding steroid dienone is 1. The van der Waals surface area contributed by atoms with Gasteiger partial charge in [-0.05, 0) is 217 Å². The Kier molecular flexibility index (Phi) is 11.2. The normalized spacial score (nSPS) is 15.1. The molecule has 0 saturated carbocycles. The van der Waals surface area contributed by atoms with Crippen LogP contribution in [0.2, 0.25) is 13.1 Å². The number of para-hydroxylation sites is 4. The summed E-state index contributed by atoms with van der Waals surface area (Å²) in [5.41, 5.74) is 21.4. The highest BCUT2D eigenvalue weighted by molar-refractivity contribution is 8.32. The van der Waals surface area contributed by atoms with Crippen LogP contribution in [0, 0.1) is 12.7 Å². The third-order valence-electron chi connectivity index (χ3n) is 19.1. The first kappa shape index (κ1) is 51.1. The standard InChI is InChI=1S/C79H61FN2O2SSi/c1-47-17-13-23-61-63-25-15-29-73(77(63)83-75(47)61)82(49-33-39-53(40-34-49)86(5)6)51-36-42-60-59-41-35-50(81(48-31-37-52(38-32-48)85(2,3)4)74-30-16-26-64-62-24-14-28-72(80)76(62)84-78(64)74)43-69(59)79(70(60)44-51)68-27-12-11-22-58(68)67-45-65-56-20-9-7-18-54(56)55-19-8-10-21-57(55)66(65)46-71(67)79/h7-9,11-20,22-46,86H,10,21H2,1-6H3. The summed E-state index contributed by atoms with van der Waals surface area (Å²) in [6.45, 7) is 6.93. The average Bonchev–Trinajstić information content (AvgIpc) is 1.50. The van der Waals surface area contributed by atoms with Gasteiger partial charge in [0.2, 0.25) is 0 Å². The van der Waals surface area contributed by atoms with E-state index in [1.807, 2.05) is 12.1 Å². The number of hydrogen-bond acceptors (Lipinski definition) is 4. The van der Waals surface area contributed by atoms with Gasteiger partial charge in [-0.1, -0.05) is 158 Å². The molecule has 17 rings (SSSR count). The lowest BCUT2D eigenvalue weighted by Gasteiger charge is -2.34. The minimum absolute atomic E-state index is 0.260. The van der Waals surface area contributed by atoms with Crippen molar-refractivity contribution in [3.8, 4) is 22.3 Å². The second kappa shape index (κ2) is 18.8. The molecule has 3 aliphatic rings. The fourth-order valence-electron chi connectivity index (χ4n) is 15.0. The summed E-state index contributed by atoms with van der Waals surface area (Å²) in [7, 11) is -2.15. The maximum Gasteiger partial charge on any atom is 0.171 e. The van der Waals surface area contributed by atoms with E-state index in [9.17, 15) is 0 Å². The second-order valence-electron chi connectivity index (χ2n) is 24.9. The Hall–Kier alpha value is -9.40. The molecule has 2 heterocycles. The van der Waals surface area contributed by atoms with Crippen LogP contribution < -0.4 is 15.0 Å². The van der Waals surface area contributed by atoms with Crippen molar-refractivity contribution in [2.24, 2.45) is 0 Å². The molecule has 1 atom stereocenters. The maximum absolute atomic E-state index is 15.8. The number of furan rings is 2. The Balaban J connectivity index is 0.973. The van der Waals surface area contributed by atoms with Crippen molar-refractivity contribution in [1.29, 1.82) is 0 Å². The fourth-order valence-corrected chi connectivity index (χ4v) is 17.0. The van der Waals surface area contributed by atoms with Crippen LogP contribution in [0.4, 0.5) is 38.5 Å². The molecular weight excluding hydrogens is 1090 g/mol. The van der Waals surface area contributed by atoms with Crippen molar-refractivity contribution in [2.75, 3.05) is 28.6 Å². The molecule has 0 amide bonds. The lowest BCUT2D eigenvalue weighted by atomic mass is 9.69. The van der Waals surface area contributed by atoms with E-state index < -0.39 is 24.2 Å². The van der Waals surface area contributed by atoms with Crippen molar-refractivity contribution < 1.29 is 13.2 Å². The van der Waals surface area contributed by atoms with Crippen molar-refractivity contribution in [2.45, 2.75) is 43.2 Å². The summed E-state index contributed by atoms with van der Waals surface area (Å²) in [4.78, 5) is 6.09. The van der Waals surface area contributed by atoms with Gasteiger partial charge in [0.05, 0.1) is 25.6 Å². The highest BCUT2D eigenvalue weighted by Gasteiger charge is 2.53. The van der Waals surface area contributed by atoms with Crippen molar-refractivity contribution in [3.05, 3.63) is 269 Å². The topological polar surface area (TPSA) is 32.8 Å². The molecule has 0 radical (unpaired) electrons. The van der Waals surface area contributed by atoms with Gasteiger partial charge in [0.15, 0.2) is 22.6 Å². The quantitative estimate of drug-likeness (QED) is 0.112. The molecule has 0 N–H and O–H groups in total. The number of anilines is 6. The van der Waals surface area contributed by atoms with Gasteiger partial charge in [-0.15, -0.1) is 0 Å². The molecular formula is C79H61FN2O2SSi. The highest BCUT2D eigenvalue weighted by Crippen LogP contribution is 2.65. The van der Waals surface area contributed by atoms with Gasteiger partial charge in [-0.25, -0.2) is 14.4 Å². The molecule has 0 aliphatic heterocycles. The van der Waals surface area contributed by atoms with Crippen molar-refractivity contribution in [3.63, 3.8) is 0 Å². The summed E-state index contributed by atoms with van der Waals surface area (Å²) in [5, 5.41) is 10.4. The van der Waals surface area contributed by atoms with Crippen LogP contribution in [0.25, 0.3) is 93.8 Å². The van der Waals surface area contributed by atoms with Gasteiger partial charge in [0, 0.05) is 44.3 Å². The number of aryl methyl sites for hydroxylation is 2. The summed E-state index contributed by atoms with van der Waals surface area (Å²) < 4.78 is 29.6. The highest BCUT2D eigenvalue weighted by atomic mass is 32.3. The molecule has 4 nitrogen and oxygen atoms in total. The second-order valence-corrected chi connectivity index (χ2v) is 32.0. The number of benzene rings is 12. The summed E-state index contributed by atoms with van der Waals surface area (Å²) in [6.07, 6.45) is 13.7. The van der Waals surface area contributed by atoms with Crippen LogP contribution in [0.3, 0.4) is 0 Å². The van der Waals surface area contributed by atoms with Crippen LogP contribution in [0.1, 0.15) is 45.4 Å². The molecule has 0 bridgehead atoms. The van der Waals surface area contributed by atoms with Gasteiger partial charge < -0.3 is 18.6 Å². The van der Waals surface area contributed by atoms with Crippen LogP contribution in [-0.4, -0.2) is 27.6 Å². The Morgan fingerprint density at radius 3 is 1.62 bits per heavy atom. The predicted octanol–water partition coefficient (Wildman–Crippen LogP) is 21.2. The molecule has 14 aromatic rings. The lowest BCUT2D eigenvalue weighted by molar-refractivity contribution is 0.584. The van der Waals surface area contributed by atoms with Crippen LogP contribution in [0.5, 0.6) is 0 Å². The predicted molar refractivity (Wildman–Crippen MR) is 366 cm³/mol. The number of rotatable bonds is 8. The maximum atomic E-state index is 15.8. The largest absolute Gasteiger partial charge is 0.454 e. The molecule has 0 fully saturated rings. The van der Waals surface area contributed by atoms with Crippen LogP contribution >= 0.6 is 10.0 Å². The Morgan fingerprint density at radius 1 is 0.442 bits per heavy atom. The molecule has 86 heavy (non-hydrogen) atoms. The van der Waals surface area contributed by atoms with Gasteiger partial charge in [-0.2, -0.15) is 0 Å². The first-order chi connectivity index (χ1) is 41.9. The van der Waals surface area contributed by atoms with E-state index in [2.05, 4.69) is 255 Å². The third kappa shape index (κ3) is 7.28. The van der Waals surface area contributed by atoms with E-state index in [1.165, 1.54) is 93.3 Å². The monoisotopic (exact) mass is 1150 g/mol. The van der Waals surface area contributed by atoms with Crippen LogP contribution in [-0.2, 0) is 11.8 Å². The number of nitrogens with zero attached hydrogens (tertiary/aromatic N) is 2. The molecule has 1 spiro atoms. The number of hydrogen-bond donors (Lipinski definition) is 0. The Morgan fingerprint density at radius 2 is 0.965 bits per heavy atom. The third-order valence-corrected chi connectivity index (χ3v) is 22.5. The van der Waals surface area contributed by atoms with Gasteiger partial charge in [0.1, 0.15) is 5.58 Å². The molecule has 7 heteroatoms. The summed E-state index contributed by atoms with van der Waals surface area (Å²) in [6, 6.07) is 80.6. The zero-order valence-corrected chi connectivity index (χ0v) is 50.9. The minimum Gasteiger partial charge on any atom is -0.454 e. The molecule has 416 valence electrons. The lowest BCUT2D eigenvalue weighted by Crippen LogP contribution is -2.27. The van der Waals surface area contributed by atoms with E-state index in [1.54, 1.807) is 6.07 Å². The molecule has 2 aromatic heterocycles. The average molecular weight is 1150 g/mol. The van der Waals surface area contributed by atoms with Crippen LogP contribution in [0.15, 0.2) is 238 Å². The zero-order chi connectivity index (χ0) is 57.9.